The number of aliphatic hydroxyl groups is 3. The van der Waals surface area contributed by atoms with Crippen LogP contribution in [0.5, 0.6) is 0 Å². The van der Waals surface area contributed by atoms with Crippen molar-refractivity contribution in [2.45, 2.75) is 55.1 Å². The maximum absolute atomic E-state index is 10.2. The number of aliphatic hydroxyl groups excluding tert-OH is 3. The van der Waals surface area contributed by atoms with E-state index in [-0.39, 0.29) is 11.2 Å². The molecule has 3 N–H and O–H groups in total. The van der Waals surface area contributed by atoms with Crippen molar-refractivity contribution in [1.29, 1.82) is 0 Å². The van der Waals surface area contributed by atoms with Crippen LogP contribution in [-0.2, 0) is 9.47 Å². The molecule has 0 aromatic rings. The number of thioether (sulfide) groups is 2. The minimum Gasteiger partial charge on any atom is -0.388 e. The molecule has 2 aliphatic rings. The van der Waals surface area contributed by atoms with Crippen LogP contribution in [0.1, 0.15) is 20.3 Å². The van der Waals surface area contributed by atoms with E-state index in [9.17, 15) is 15.3 Å². The third-order valence-electron chi connectivity index (χ3n) is 3.24. The zero-order chi connectivity index (χ0) is 14.0. The summed E-state index contributed by atoms with van der Waals surface area (Å²) in [5.74, 6) is 1.21. The average Bonchev–Trinajstić information content (AvgIpc) is 2.77. The second-order valence-corrected chi connectivity index (χ2v) is 8.10. The molecule has 0 aliphatic carbocycles. The van der Waals surface area contributed by atoms with E-state index < -0.39 is 30.2 Å². The van der Waals surface area contributed by atoms with Crippen molar-refractivity contribution in [2.75, 3.05) is 18.1 Å². The summed E-state index contributed by atoms with van der Waals surface area (Å²) in [4.78, 5) is 0. The Kier molecular flexibility index (Phi) is 5.44. The Balaban J connectivity index is 1.89. The topological polar surface area (TPSA) is 79.2 Å². The van der Waals surface area contributed by atoms with Gasteiger partial charge in [0.2, 0.25) is 0 Å². The lowest BCUT2D eigenvalue weighted by Crippen LogP contribution is -2.49. The minimum absolute atomic E-state index is 0.0891. The first-order chi connectivity index (χ1) is 8.91. The van der Waals surface area contributed by atoms with Gasteiger partial charge in [0.1, 0.15) is 24.4 Å². The highest BCUT2D eigenvalue weighted by atomic mass is 32.2. The van der Waals surface area contributed by atoms with Crippen molar-refractivity contribution in [3.8, 4) is 0 Å². The monoisotopic (exact) mass is 310 g/mol. The van der Waals surface area contributed by atoms with Gasteiger partial charge in [-0.05, 0) is 31.8 Å². The van der Waals surface area contributed by atoms with E-state index in [1.54, 1.807) is 37.4 Å². The summed E-state index contributed by atoms with van der Waals surface area (Å²) in [5.41, 5.74) is 0. The van der Waals surface area contributed by atoms with E-state index >= 15 is 0 Å². The summed E-state index contributed by atoms with van der Waals surface area (Å²) in [6.07, 6.45) is -2.80. The molecular formula is C12H22O5S2. The summed E-state index contributed by atoms with van der Waals surface area (Å²) in [6.45, 7) is 3.74. The van der Waals surface area contributed by atoms with Crippen LogP contribution in [0.25, 0.3) is 0 Å². The molecule has 2 saturated heterocycles. The Bertz CT molecular complexity index is 296. The van der Waals surface area contributed by atoms with Gasteiger partial charge >= 0.3 is 0 Å². The molecule has 0 radical (unpaired) electrons. The van der Waals surface area contributed by atoms with Gasteiger partial charge < -0.3 is 24.8 Å². The van der Waals surface area contributed by atoms with Crippen molar-refractivity contribution in [3.05, 3.63) is 0 Å². The first-order valence-corrected chi connectivity index (χ1v) is 8.60. The molecule has 0 spiro atoms. The molecule has 7 heteroatoms. The molecule has 0 amide bonds. The molecule has 19 heavy (non-hydrogen) atoms. The molecule has 2 fully saturated rings. The Morgan fingerprint density at radius 3 is 2.26 bits per heavy atom. The van der Waals surface area contributed by atoms with Gasteiger partial charge in [0.05, 0.1) is 11.2 Å². The van der Waals surface area contributed by atoms with Crippen LogP contribution in [-0.4, -0.2) is 68.2 Å². The maximum Gasteiger partial charge on any atom is 0.163 e. The van der Waals surface area contributed by atoms with Crippen LogP contribution in [0.2, 0.25) is 0 Å². The lowest BCUT2D eigenvalue weighted by atomic mass is 10.0. The molecule has 2 heterocycles. The molecule has 2 rings (SSSR count). The van der Waals surface area contributed by atoms with Crippen LogP contribution in [0.15, 0.2) is 0 Å². The second-order valence-electron chi connectivity index (χ2n) is 5.30. The Hall–Kier alpha value is 0.500. The highest BCUT2D eigenvalue weighted by Gasteiger charge is 2.43. The van der Waals surface area contributed by atoms with Crippen LogP contribution < -0.4 is 0 Å². The lowest BCUT2D eigenvalue weighted by Gasteiger charge is -2.32. The minimum atomic E-state index is -1.22. The van der Waals surface area contributed by atoms with E-state index in [0.29, 0.717) is 0 Å². The summed E-state index contributed by atoms with van der Waals surface area (Å²) >= 11 is 3.26. The zero-order valence-electron chi connectivity index (χ0n) is 11.2. The first kappa shape index (κ1) is 15.9. The predicted octanol–water partition coefficient (Wildman–Crippen LogP) is 0.417. The molecule has 0 bridgehead atoms. The summed E-state index contributed by atoms with van der Waals surface area (Å²) in [5, 5.41) is 30.4. The van der Waals surface area contributed by atoms with Gasteiger partial charge in [-0.3, -0.25) is 0 Å². The molecule has 112 valence electrons. The van der Waals surface area contributed by atoms with Crippen molar-refractivity contribution in [3.63, 3.8) is 0 Å². The third-order valence-corrected chi connectivity index (χ3v) is 6.32. The van der Waals surface area contributed by atoms with Crippen molar-refractivity contribution in [1.82, 2.24) is 0 Å². The van der Waals surface area contributed by atoms with Gasteiger partial charge in [-0.15, -0.1) is 23.5 Å². The molecular weight excluding hydrogens is 288 g/mol. The predicted molar refractivity (Wildman–Crippen MR) is 76.2 cm³/mol. The first-order valence-electron chi connectivity index (χ1n) is 6.50. The standard InChI is InChI=1S/C12H22O5S2/c1-12(2)16-6-7(17-12)8(13)9(14)10(15)11-18-4-3-5-19-11/h7-11,13-15H,3-6H2,1-2H3/t7-,8+,9+,10+/m1/s1. The van der Waals surface area contributed by atoms with Gasteiger partial charge in [-0.25, -0.2) is 0 Å². The molecule has 2 aliphatic heterocycles. The fourth-order valence-electron chi connectivity index (χ4n) is 2.17. The molecule has 0 unspecified atom stereocenters. The second kappa shape index (κ2) is 6.51. The average molecular weight is 310 g/mol. The zero-order valence-corrected chi connectivity index (χ0v) is 12.8. The molecule has 5 nitrogen and oxygen atoms in total. The van der Waals surface area contributed by atoms with Gasteiger partial charge in [0, 0.05) is 0 Å². The number of ether oxygens (including phenoxy) is 2. The normalized spacial score (nSPS) is 33.0. The van der Waals surface area contributed by atoms with E-state index in [4.69, 9.17) is 9.47 Å². The van der Waals surface area contributed by atoms with Gasteiger partial charge in [0.15, 0.2) is 5.79 Å². The smallest absolute Gasteiger partial charge is 0.163 e. The largest absolute Gasteiger partial charge is 0.388 e. The van der Waals surface area contributed by atoms with Crippen LogP contribution in [0, 0.1) is 0 Å². The van der Waals surface area contributed by atoms with Crippen LogP contribution in [0.4, 0.5) is 0 Å². The van der Waals surface area contributed by atoms with E-state index in [1.807, 2.05) is 0 Å². The van der Waals surface area contributed by atoms with Gasteiger partial charge in [0.25, 0.3) is 0 Å². The highest BCUT2D eigenvalue weighted by Crippen LogP contribution is 2.35. The Morgan fingerprint density at radius 1 is 1.11 bits per heavy atom. The Morgan fingerprint density at radius 2 is 1.74 bits per heavy atom. The van der Waals surface area contributed by atoms with E-state index in [1.165, 1.54) is 0 Å². The number of hydrogen-bond donors (Lipinski definition) is 3. The fourth-order valence-corrected chi connectivity index (χ4v) is 5.12. The summed E-state index contributed by atoms with van der Waals surface area (Å²) < 4.78 is 10.8. The molecule has 0 saturated carbocycles. The number of rotatable bonds is 4. The van der Waals surface area contributed by atoms with Crippen molar-refractivity contribution in [2.24, 2.45) is 0 Å². The lowest BCUT2D eigenvalue weighted by molar-refractivity contribution is -0.167. The van der Waals surface area contributed by atoms with Gasteiger partial charge in [-0.2, -0.15) is 0 Å². The SMILES string of the molecule is CC1(C)OC[C@H]([C@H](O)[C@H](O)[C@H](O)C2SCCCS2)O1. The highest BCUT2D eigenvalue weighted by molar-refractivity contribution is 8.17. The molecule has 0 aromatic heterocycles. The summed E-state index contributed by atoms with van der Waals surface area (Å²) in [7, 11) is 0. The molecule has 0 aromatic carbocycles. The van der Waals surface area contributed by atoms with Crippen molar-refractivity contribution < 1.29 is 24.8 Å². The quantitative estimate of drug-likeness (QED) is 0.694. The van der Waals surface area contributed by atoms with E-state index in [0.717, 1.165) is 17.9 Å². The van der Waals surface area contributed by atoms with Crippen LogP contribution in [0.3, 0.4) is 0 Å². The Labute approximate surface area is 122 Å². The fraction of sp³-hybridized carbons (Fsp3) is 1.00. The summed E-state index contributed by atoms with van der Waals surface area (Å²) in [6, 6.07) is 0. The van der Waals surface area contributed by atoms with Gasteiger partial charge in [-0.1, -0.05) is 0 Å². The van der Waals surface area contributed by atoms with Crippen LogP contribution >= 0.6 is 23.5 Å². The number of hydrogen-bond acceptors (Lipinski definition) is 7. The third kappa shape index (κ3) is 4.00. The molecule has 4 atom stereocenters. The maximum atomic E-state index is 10.2. The van der Waals surface area contributed by atoms with E-state index in [2.05, 4.69) is 0 Å². The van der Waals surface area contributed by atoms with Crippen molar-refractivity contribution >= 4 is 23.5 Å².